The van der Waals surface area contributed by atoms with Gasteiger partial charge in [-0.15, -0.1) is 0 Å². The van der Waals surface area contributed by atoms with Crippen LogP contribution >= 0.6 is 11.6 Å². The van der Waals surface area contributed by atoms with Gasteiger partial charge in [0.1, 0.15) is 17.0 Å². The molecule has 11 heteroatoms. The van der Waals surface area contributed by atoms with Gasteiger partial charge >= 0.3 is 6.03 Å². The van der Waals surface area contributed by atoms with E-state index in [-0.39, 0.29) is 41.5 Å². The van der Waals surface area contributed by atoms with E-state index in [1.807, 2.05) is 24.3 Å². The summed E-state index contributed by atoms with van der Waals surface area (Å²) in [6.45, 7) is 7.91. The molecule has 2 aliphatic rings. The van der Waals surface area contributed by atoms with Gasteiger partial charge < -0.3 is 10.2 Å². The number of hydrogen-bond acceptors (Lipinski definition) is 5. The third kappa shape index (κ3) is 5.10. The molecule has 0 radical (unpaired) electrons. The number of piperazine rings is 1. The summed E-state index contributed by atoms with van der Waals surface area (Å²) in [6.07, 6.45) is 0. The lowest BCUT2D eigenvalue weighted by Crippen LogP contribution is -2.53. The first kappa shape index (κ1) is 27.1. The van der Waals surface area contributed by atoms with Gasteiger partial charge in [0, 0.05) is 26.2 Å². The molecule has 0 aromatic heterocycles. The van der Waals surface area contributed by atoms with Gasteiger partial charge in [-0.1, -0.05) is 68.8 Å². The van der Waals surface area contributed by atoms with Gasteiger partial charge in [-0.25, -0.2) is 13.2 Å². The van der Waals surface area contributed by atoms with E-state index < -0.39 is 40.0 Å². The lowest BCUT2D eigenvalue weighted by molar-refractivity contribution is -0.139. The molecule has 0 bridgehead atoms. The predicted molar refractivity (Wildman–Crippen MR) is 140 cm³/mol. The lowest BCUT2D eigenvalue weighted by Gasteiger charge is -2.34. The predicted octanol–water partition coefficient (Wildman–Crippen LogP) is 2.94. The van der Waals surface area contributed by atoms with Gasteiger partial charge in [-0.3, -0.25) is 14.5 Å². The summed E-state index contributed by atoms with van der Waals surface area (Å²) in [7, 11) is -3.81. The van der Waals surface area contributed by atoms with Crippen LogP contribution in [0.1, 0.15) is 38.8 Å². The molecule has 9 nitrogen and oxygen atoms in total. The van der Waals surface area contributed by atoms with Crippen molar-refractivity contribution >= 4 is 39.5 Å². The first-order chi connectivity index (χ1) is 17.2. The van der Waals surface area contributed by atoms with Crippen molar-refractivity contribution in [2.75, 3.05) is 32.7 Å². The molecule has 198 valence electrons. The van der Waals surface area contributed by atoms with Gasteiger partial charge in [0.2, 0.25) is 15.9 Å². The molecule has 0 aliphatic carbocycles. The second-order valence-corrected chi connectivity index (χ2v) is 12.8. The Bertz CT molecular complexity index is 1330. The molecule has 1 N–H and O–H groups in total. The number of halogens is 1. The van der Waals surface area contributed by atoms with Gasteiger partial charge in [0.25, 0.3) is 5.91 Å². The molecule has 0 saturated carbocycles. The van der Waals surface area contributed by atoms with E-state index in [1.54, 1.807) is 19.1 Å². The fourth-order valence-electron chi connectivity index (χ4n) is 4.55. The van der Waals surface area contributed by atoms with E-state index in [4.69, 9.17) is 11.6 Å². The average molecular weight is 547 g/mol. The normalized spacial score (nSPS) is 21.3. The molecule has 0 unspecified atom stereocenters. The molecule has 4 amide bonds. The van der Waals surface area contributed by atoms with Crippen LogP contribution in [0.3, 0.4) is 0 Å². The highest BCUT2D eigenvalue weighted by Gasteiger charge is 2.50. The van der Waals surface area contributed by atoms with Crippen LogP contribution in [0.4, 0.5) is 4.79 Å². The van der Waals surface area contributed by atoms with Gasteiger partial charge in [-0.05, 0) is 35.6 Å². The molecule has 2 heterocycles. The van der Waals surface area contributed by atoms with Crippen LogP contribution in [0.25, 0.3) is 0 Å². The number of nitrogens with one attached hydrogen (secondary N) is 1. The Morgan fingerprint density at radius 1 is 1.00 bits per heavy atom. The van der Waals surface area contributed by atoms with Gasteiger partial charge in [0.15, 0.2) is 0 Å². The van der Waals surface area contributed by atoms with Crippen molar-refractivity contribution in [1.29, 1.82) is 0 Å². The highest BCUT2D eigenvalue weighted by molar-refractivity contribution is 7.89. The van der Waals surface area contributed by atoms with E-state index in [9.17, 15) is 22.8 Å². The smallest absolute Gasteiger partial charge is 0.325 e. The van der Waals surface area contributed by atoms with E-state index in [2.05, 4.69) is 26.1 Å². The van der Waals surface area contributed by atoms with Crippen molar-refractivity contribution in [3.8, 4) is 0 Å². The van der Waals surface area contributed by atoms with E-state index in [0.717, 1.165) is 10.5 Å². The maximum atomic E-state index is 13.3. The molecule has 2 aliphatic heterocycles. The number of sulfonamides is 1. The van der Waals surface area contributed by atoms with Crippen molar-refractivity contribution in [1.82, 2.24) is 19.4 Å². The third-order valence-corrected chi connectivity index (χ3v) is 9.34. The Morgan fingerprint density at radius 3 is 2.16 bits per heavy atom. The number of carbonyl (C=O) groups is 3. The quantitative estimate of drug-likeness (QED) is 0.580. The first-order valence-electron chi connectivity index (χ1n) is 12.0. The summed E-state index contributed by atoms with van der Waals surface area (Å²) < 4.78 is 27.2. The average Bonchev–Trinajstić information content (AvgIpc) is 3.07. The van der Waals surface area contributed by atoms with E-state index in [1.165, 1.54) is 21.3 Å². The first-order valence-corrected chi connectivity index (χ1v) is 13.8. The maximum Gasteiger partial charge on any atom is 0.325 e. The minimum absolute atomic E-state index is 0.0191. The van der Waals surface area contributed by atoms with Gasteiger partial charge in [0.05, 0.1) is 5.02 Å². The molecule has 2 fully saturated rings. The molecular formula is C26H31ClN4O5S. The molecule has 37 heavy (non-hydrogen) atoms. The standard InChI is InChI=1S/C26H31ClN4O5S/c1-25(2,3)18-9-11-19(12-10-18)26(4)23(33)31(24(34)28-26)17-22(32)29-13-15-30(16-14-29)37(35,36)21-8-6-5-7-20(21)27/h5-12H,13-17H2,1-4H3,(H,28,34)/t26-/m0/s1. The van der Waals surface area contributed by atoms with Crippen LogP contribution in [0, 0.1) is 0 Å². The van der Waals surface area contributed by atoms with Crippen molar-refractivity contribution < 1.29 is 22.8 Å². The van der Waals surface area contributed by atoms with Crippen molar-refractivity contribution in [3.63, 3.8) is 0 Å². The Balaban J connectivity index is 1.41. The Hall–Kier alpha value is -2.95. The number of benzene rings is 2. The molecule has 1 atom stereocenters. The molecule has 2 saturated heterocycles. The van der Waals surface area contributed by atoms with Crippen LogP contribution in [0.2, 0.25) is 5.02 Å². The maximum absolute atomic E-state index is 13.3. The van der Waals surface area contributed by atoms with Crippen LogP contribution in [0.15, 0.2) is 53.4 Å². The molecular weight excluding hydrogens is 516 g/mol. The SMILES string of the molecule is CC(C)(C)c1ccc([C@]2(C)NC(=O)N(CC(=O)N3CCN(S(=O)(=O)c4ccccc4Cl)CC3)C2=O)cc1. The van der Waals surface area contributed by atoms with Crippen LogP contribution in [-0.2, 0) is 30.6 Å². The van der Waals surface area contributed by atoms with Crippen molar-refractivity contribution in [2.45, 2.75) is 43.5 Å². The summed E-state index contributed by atoms with van der Waals surface area (Å²) in [6, 6.07) is 13.1. The molecule has 0 spiro atoms. The summed E-state index contributed by atoms with van der Waals surface area (Å²) in [4.78, 5) is 41.4. The van der Waals surface area contributed by atoms with E-state index in [0.29, 0.717) is 5.56 Å². The van der Waals surface area contributed by atoms with Gasteiger partial charge in [-0.2, -0.15) is 4.31 Å². The summed E-state index contributed by atoms with van der Waals surface area (Å²) in [5, 5.41) is 2.86. The van der Waals surface area contributed by atoms with Crippen molar-refractivity contribution in [2.24, 2.45) is 0 Å². The van der Waals surface area contributed by atoms with Crippen LogP contribution in [-0.4, -0.2) is 73.1 Å². The fourth-order valence-corrected chi connectivity index (χ4v) is 6.46. The fraction of sp³-hybridized carbons (Fsp3) is 0.423. The number of amides is 4. The lowest BCUT2D eigenvalue weighted by atomic mass is 9.84. The second kappa shape index (κ2) is 9.74. The van der Waals surface area contributed by atoms with E-state index >= 15 is 0 Å². The number of urea groups is 1. The molecule has 4 rings (SSSR count). The molecule has 2 aromatic rings. The Kier molecular flexibility index (Phi) is 7.13. The summed E-state index contributed by atoms with van der Waals surface area (Å²) in [5.74, 6) is -0.931. The number of hydrogen-bond donors (Lipinski definition) is 1. The van der Waals surface area contributed by atoms with Crippen LogP contribution in [0.5, 0.6) is 0 Å². The third-order valence-electron chi connectivity index (χ3n) is 6.94. The van der Waals surface area contributed by atoms with Crippen LogP contribution < -0.4 is 5.32 Å². The Morgan fingerprint density at radius 2 is 1.59 bits per heavy atom. The largest absolute Gasteiger partial charge is 0.338 e. The molecule has 2 aromatic carbocycles. The number of nitrogens with zero attached hydrogens (tertiary/aromatic N) is 3. The highest BCUT2D eigenvalue weighted by Crippen LogP contribution is 2.31. The van der Waals surface area contributed by atoms with Crippen molar-refractivity contribution in [3.05, 3.63) is 64.7 Å². The topological polar surface area (TPSA) is 107 Å². The minimum Gasteiger partial charge on any atom is -0.338 e. The second-order valence-electron chi connectivity index (χ2n) is 10.5. The zero-order chi connectivity index (χ0) is 27.2. The zero-order valence-corrected chi connectivity index (χ0v) is 22.9. The summed E-state index contributed by atoms with van der Waals surface area (Å²) in [5.41, 5.74) is 0.388. The number of carbonyl (C=O) groups excluding carboxylic acids is 3. The Labute approximate surface area is 222 Å². The number of rotatable bonds is 5. The number of imide groups is 1. The highest BCUT2D eigenvalue weighted by atomic mass is 35.5. The monoisotopic (exact) mass is 546 g/mol. The zero-order valence-electron chi connectivity index (χ0n) is 21.3. The summed E-state index contributed by atoms with van der Waals surface area (Å²) >= 11 is 6.08. The minimum atomic E-state index is -3.81.